The van der Waals surface area contributed by atoms with Gasteiger partial charge in [-0.2, -0.15) is 0 Å². The number of aromatic nitrogens is 2. The second kappa shape index (κ2) is 9.28. The van der Waals surface area contributed by atoms with Crippen molar-refractivity contribution >= 4 is 33.5 Å². The molecule has 2 unspecified atom stereocenters. The third-order valence-electron chi connectivity index (χ3n) is 8.04. The van der Waals surface area contributed by atoms with Crippen LogP contribution in [0, 0.1) is 25.5 Å². The summed E-state index contributed by atoms with van der Waals surface area (Å²) in [4.78, 5) is 26.2. The van der Waals surface area contributed by atoms with Crippen LogP contribution in [0.3, 0.4) is 0 Å². The molecule has 0 radical (unpaired) electrons. The molecule has 2 saturated heterocycles. The van der Waals surface area contributed by atoms with Crippen LogP contribution in [0.15, 0.2) is 36.5 Å². The van der Waals surface area contributed by atoms with Crippen molar-refractivity contribution < 1.29 is 23.4 Å². The van der Waals surface area contributed by atoms with Gasteiger partial charge >= 0.3 is 6.09 Å². The zero-order valence-electron chi connectivity index (χ0n) is 23.3. The first-order valence-electron chi connectivity index (χ1n) is 13.6. The van der Waals surface area contributed by atoms with Crippen LogP contribution in [-0.4, -0.2) is 56.8 Å². The van der Waals surface area contributed by atoms with E-state index in [0.29, 0.717) is 51.7 Å². The van der Waals surface area contributed by atoms with Gasteiger partial charge in [-0.3, -0.25) is 9.88 Å². The Morgan fingerprint density at radius 3 is 2.40 bits per heavy atom. The Morgan fingerprint density at radius 2 is 1.73 bits per heavy atom. The minimum Gasteiger partial charge on any atom is -0.505 e. The number of piperazine rings is 1. The number of aryl methyl sites for hydroxylation is 2. The topological polar surface area (TPSA) is 78.8 Å². The maximum absolute atomic E-state index is 16.4. The molecule has 1 amide bonds. The molecule has 4 aromatic rings. The highest BCUT2D eigenvalue weighted by molar-refractivity contribution is 6.02. The van der Waals surface area contributed by atoms with Gasteiger partial charge in [-0.15, -0.1) is 0 Å². The molecule has 1 N–H and O–H groups in total. The van der Waals surface area contributed by atoms with Crippen LogP contribution in [0.4, 0.5) is 19.4 Å². The number of carbonyl (C=O) groups is 1. The molecule has 2 atom stereocenters. The lowest BCUT2D eigenvalue weighted by atomic mass is 9.97. The Hall–Kier alpha value is -4.01. The van der Waals surface area contributed by atoms with Crippen molar-refractivity contribution in [3.05, 3.63) is 59.4 Å². The summed E-state index contributed by atoms with van der Waals surface area (Å²) in [5.74, 6) is -1.54. The van der Waals surface area contributed by atoms with Gasteiger partial charge in [-0.05, 0) is 69.9 Å². The molecule has 0 aliphatic carbocycles. The van der Waals surface area contributed by atoms with E-state index >= 15 is 8.78 Å². The first-order chi connectivity index (χ1) is 18.9. The summed E-state index contributed by atoms with van der Waals surface area (Å²) in [6.45, 7) is 10.3. The number of hydrogen-bond donors (Lipinski definition) is 1. The molecule has 40 heavy (non-hydrogen) atoms. The maximum Gasteiger partial charge on any atom is 0.410 e. The van der Waals surface area contributed by atoms with Crippen LogP contribution in [-0.2, 0) is 4.74 Å². The number of ether oxygens (including phenoxy) is 1. The summed E-state index contributed by atoms with van der Waals surface area (Å²) in [5, 5.41) is 12.2. The lowest BCUT2D eigenvalue weighted by Gasteiger charge is -2.42. The maximum atomic E-state index is 16.4. The number of benzene rings is 2. The van der Waals surface area contributed by atoms with E-state index in [1.165, 1.54) is 6.07 Å². The number of anilines is 1. The highest BCUT2D eigenvalue weighted by Crippen LogP contribution is 2.41. The van der Waals surface area contributed by atoms with Crippen LogP contribution in [0.5, 0.6) is 5.75 Å². The van der Waals surface area contributed by atoms with Crippen LogP contribution in [0.1, 0.15) is 44.9 Å². The quantitative estimate of drug-likeness (QED) is 0.304. The van der Waals surface area contributed by atoms with Crippen molar-refractivity contribution in [1.29, 1.82) is 0 Å². The van der Waals surface area contributed by atoms with E-state index in [1.807, 2.05) is 32.6 Å². The largest absolute Gasteiger partial charge is 0.505 e. The third kappa shape index (κ3) is 4.19. The zero-order chi connectivity index (χ0) is 28.5. The van der Waals surface area contributed by atoms with Crippen molar-refractivity contribution in [2.45, 2.75) is 65.1 Å². The molecule has 0 spiro atoms. The highest BCUT2D eigenvalue weighted by Gasteiger charge is 2.45. The Kier molecular flexibility index (Phi) is 6.09. The molecule has 4 heterocycles. The van der Waals surface area contributed by atoms with Crippen LogP contribution in [0.25, 0.3) is 32.8 Å². The van der Waals surface area contributed by atoms with Crippen molar-refractivity contribution in [3.63, 3.8) is 0 Å². The molecule has 2 aromatic carbocycles. The average Bonchev–Trinajstić information content (AvgIpc) is 3.16. The predicted octanol–water partition coefficient (Wildman–Crippen LogP) is 6.64. The average molecular weight is 547 g/mol. The van der Waals surface area contributed by atoms with E-state index in [9.17, 15) is 9.90 Å². The molecule has 0 saturated carbocycles. The number of phenols is 1. The molecule has 6 rings (SSSR count). The van der Waals surface area contributed by atoms with Crippen LogP contribution >= 0.6 is 0 Å². The van der Waals surface area contributed by atoms with E-state index in [-0.39, 0.29) is 29.4 Å². The second-order valence-corrected chi connectivity index (χ2v) is 11.8. The number of amides is 1. The smallest absolute Gasteiger partial charge is 0.410 e. The minimum atomic E-state index is -0.914. The summed E-state index contributed by atoms with van der Waals surface area (Å²) >= 11 is 0. The van der Waals surface area contributed by atoms with E-state index in [0.717, 1.165) is 12.8 Å². The SMILES string of the molecule is Cc1nc(N2CC3CCC(C2)N3C(=O)OC(C)(C)C)c2cnc(-c3c(F)c(O)cc4ccccc34)c(F)c2c1C. The first-order valence-corrected chi connectivity index (χ1v) is 13.6. The third-order valence-corrected chi connectivity index (χ3v) is 8.04. The first kappa shape index (κ1) is 26.2. The van der Waals surface area contributed by atoms with Crippen molar-refractivity contribution in [1.82, 2.24) is 14.9 Å². The lowest BCUT2D eigenvalue weighted by molar-refractivity contribution is 0.0123. The van der Waals surface area contributed by atoms with Gasteiger partial charge in [-0.25, -0.2) is 18.6 Å². The normalized spacial score (nSPS) is 19.1. The predicted molar refractivity (Wildman–Crippen MR) is 151 cm³/mol. The fraction of sp³-hybridized carbons (Fsp3) is 0.387. The van der Waals surface area contributed by atoms with Gasteiger partial charge in [0.15, 0.2) is 17.4 Å². The van der Waals surface area contributed by atoms with E-state index in [1.54, 1.807) is 37.4 Å². The molecular weight excluding hydrogens is 514 g/mol. The molecule has 2 fully saturated rings. The number of rotatable bonds is 2. The molecule has 7 nitrogen and oxygen atoms in total. The number of aromatic hydroxyl groups is 1. The lowest BCUT2D eigenvalue weighted by Crippen LogP contribution is -2.57. The van der Waals surface area contributed by atoms with Gasteiger partial charge < -0.3 is 14.7 Å². The zero-order valence-corrected chi connectivity index (χ0v) is 23.3. The monoisotopic (exact) mass is 546 g/mol. The molecule has 2 aliphatic heterocycles. The van der Waals surface area contributed by atoms with Crippen LogP contribution < -0.4 is 4.90 Å². The summed E-state index contributed by atoms with van der Waals surface area (Å²) < 4.78 is 37.4. The molecule has 208 valence electrons. The number of nitrogens with zero attached hydrogens (tertiary/aromatic N) is 4. The number of phenolic OH excluding ortho intramolecular Hbond substituents is 1. The number of carbonyl (C=O) groups excluding carboxylic acids is 1. The Balaban J connectivity index is 1.45. The summed E-state index contributed by atoms with van der Waals surface area (Å²) in [6.07, 6.45) is 2.94. The Morgan fingerprint density at radius 1 is 1.05 bits per heavy atom. The number of fused-ring (bicyclic) bond motifs is 4. The van der Waals surface area contributed by atoms with E-state index in [4.69, 9.17) is 9.72 Å². The molecular formula is C31H32F2N4O3. The summed E-state index contributed by atoms with van der Waals surface area (Å²) in [7, 11) is 0. The minimum absolute atomic E-state index is 0.0445. The van der Waals surface area contributed by atoms with Gasteiger partial charge in [-0.1, -0.05) is 24.3 Å². The number of pyridine rings is 2. The summed E-state index contributed by atoms with van der Waals surface area (Å²) in [6, 6.07) is 8.18. The van der Waals surface area contributed by atoms with Gasteiger partial charge in [0.2, 0.25) is 0 Å². The Bertz CT molecular complexity index is 1670. The molecule has 2 aliphatic rings. The van der Waals surface area contributed by atoms with Gasteiger partial charge in [0.1, 0.15) is 17.1 Å². The van der Waals surface area contributed by atoms with Crippen molar-refractivity contribution in [3.8, 4) is 17.0 Å². The fourth-order valence-electron chi connectivity index (χ4n) is 6.15. The summed E-state index contributed by atoms with van der Waals surface area (Å²) in [5.41, 5.74) is 0.476. The fourth-order valence-corrected chi connectivity index (χ4v) is 6.15. The van der Waals surface area contributed by atoms with Crippen molar-refractivity contribution in [2.75, 3.05) is 18.0 Å². The molecule has 9 heteroatoms. The van der Waals surface area contributed by atoms with Gasteiger partial charge in [0.25, 0.3) is 0 Å². The van der Waals surface area contributed by atoms with Gasteiger partial charge in [0, 0.05) is 35.8 Å². The van der Waals surface area contributed by atoms with Crippen molar-refractivity contribution in [2.24, 2.45) is 0 Å². The van der Waals surface area contributed by atoms with E-state index in [2.05, 4.69) is 9.88 Å². The number of halogens is 2. The Labute approximate surface area is 231 Å². The molecule has 2 bridgehead atoms. The molecule has 2 aromatic heterocycles. The second-order valence-electron chi connectivity index (χ2n) is 11.8. The van der Waals surface area contributed by atoms with Crippen LogP contribution in [0.2, 0.25) is 0 Å². The number of hydrogen-bond acceptors (Lipinski definition) is 6. The highest BCUT2D eigenvalue weighted by atomic mass is 19.1. The standard InChI is InChI=1S/C31H32F2N4O3/c1-16-17(2)35-29(36-14-19-10-11-20(15-36)37(19)30(39)40-31(3,4)5)22-13-34-28(27(33)24(16)22)25-21-9-7-6-8-18(21)12-23(38)26(25)32/h6-9,12-13,19-20,38H,10-11,14-15H2,1-5H3. The van der Waals surface area contributed by atoms with Gasteiger partial charge in [0.05, 0.1) is 17.6 Å². The van der Waals surface area contributed by atoms with E-state index < -0.39 is 23.0 Å².